The van der Waals surface area contributed by atoms with E-state index in [1.54, 1.807) is 42.5 Å². The lowest BCUT2D eigenvalue weighted by Crippen LogP contribution is -2.09. The van der Waals surface area contributed by atoms with Gasteiger partial charge >= 0.3 is 0 Å². The minimum absolute atomic E-state index is 0.235. The van der Waals surface area contributed by atoms with Crippen LogP contribution in [0.3, 0.4) is 0 Å². The standard InChI is InChI=1S/C14H14FNO2/c15-13-3-1-2-4-14(13)18-10-9-17-12-7-5-11(16)6-8-12/h1-8H,9-10,16H2. The van der Waals surface area contributed by atoms with Crippen molar-refractivity contribution in [1.29, 1.82) is 0 Å². The number of nitrogen functional groups attached to an aromatic ring is 1. The minimum Gasteiger partial charge on any atom is -0.490 e. The van der Waals surface area contributed by atoms with Gasteiger partial charge in [-0.2, -0.15) is 0 Å². The molecule has 0 bridgehead atoms. The number of para-hydroxylation sites is 1. The normalized spacial score (nSPS) is 10.1. The molecule has 0 radical (unpaired) electrons. The van der Waals surface area contributed by atoms with Gasteiger partial charge in [0.2, 0.25) is 0 Å². The van der Waals surface area contributed by atoms with Gasteiger partial charge in [-0.1, -0.05) is 12.1 Å². The Morgan fingerprint density at radius 3 is 2.28 bits per heavy atom. The van der Waals surface area contributed by atoms with E-state index in [9.17, 15) is 4.39 Å². The van der Waals surface area contributed by atoms with E-state index in [-0.39, 0.29) is 18.2 Å². The van der Waals surface area contributed by atoms with Crippen molar-refractivity contribution in [2.45, 2.75) is 0 Å². The van der Waals surface area contributed by atoms with Crippen LogP contribution in [0.25, 0.3) is 0 Å². The van der Waals surface area contributed by atoms with E-state index in [1.165, 1.54) is 6.07 Å². The third-order valence-electron chi connectivity index (χ3n) is 2.33. The van der Waals surface area contributed by atoms with Gasteiger partial charge in [-0.05, 0) is 36.4 Å². The van der Waals surface area contributed by atoms with Crippen LogP contribution in [-0.2, 0) is 0 Å². The van der Waals surface area contributed by atoms with Gasteiger partial charge < -0.3 is 15.2 Å². The van der Waals surface area contributed by atoms with E-state index in [1.807, 2.05) is 0 Å². The summed E-state index contributed by atoms with van der Waals surface area (Å²) in [7, 11) is 0. The number of hydrogen-bond donors (Lipinski definition) is 1. The molecule has 0 amide bonds. The summed E-state index contributed by atoms with van der Waals surface area (Å²) in [5.41, 5.74) is 6.24. The van der Waals surface area contributed by atoms with E-state index >= 15 is 0 Å². The second-order valence-corrected chi connectivity index (χ2v) is 3.70. The molecular weight excluding hydrogens is 233 g/mol. The molecule has 0 spiro atoms. The number of rotatable bonds is 5. The lowest BCUT2D eigenvalue weighted by Gasteiger charge is -2.08. The summed E-state index contributed by atoms with van der Waals surface area (Å²) < 4.78 is 23.9. The fourth-order valence-electron chi connectivity index (χ4n) is 1.44. The molecule has 0 unspecified atom stereocenters. The van der Waals surface area contributed by atoms with Crippen molar-refractivity contribution < 1.29 is 13.9 Å². The lowest BCUT2D eigenvalue weighted by atomic mass is 10.3. The van der Waals surface area contributed by atoms with Crippen molar-refractivity contribution in [1.82, 2.24) is 0 Å². The average Bonchev–Trinajstić information content (AvgIpc) is 2.39. The average molecular weight is 247 g/mol. The second-order valence-electron chi connectivity index (χ2n) is 3.70. The van der Waals surface area contributed by atoms with Crippen LogP contribution >= 0.6 is 0 Å². The summed E-state index contributed by atoms with van der Waals surface area (Å²) >= 11 is 0. The molecule has 0 heterocycles. The maximum Gasteiger partial charge on any atom is 0.165 e. The Labute approximate surface area is 105 Å². The van der Waals surface area contributed by atoms with Crippen molar-refractivity contribution in [3.8, 4) is 11.5 Å². The highest BCUT2D eigenvalue weighted by Gasteiger charge is 2.01. The lowest BCUT2D eigenvalue weighted by molar-refractivity contribution is 0.211. The Balaban J connectivity index is 1.76. The van der Waals surface area contributed by atoms with Gasteiger partial charge in [0.05, 0.1) is 0 Å². The maximum atomic E-state index is 13.2. The first-order chi connectivity index (χ1) is 8.75. The Hall–Kier alpha value is -2.23. The molecule has 2 N–H and O–H groups in total. The summed E-state index contributed by atoms with van der Waals surface area (Å²) in [6.45, 7) is 0.629. The third-order valence-corrected chi connectivity index (χ3v) is 2.33. The highest BCUT2D eigenvalue weighted by Crippen LogP contribution is 2.16. The first kappa shape index (κ1) is 12.2. The summed E-state index contributed by atoms with van der Waals surface area (Å²) in [5, 5.41) is 0. The number of halogens is 1. The molecule has 2 rings (SSSR count). The fraction of sp³-hybridized carbons (Fsp3) is 0.143. The van der Waals surface area contributed by atoms with Gasteiger partial charge in [0.25, 0.3) is 0 Å². The number of anilines is 1. The summed E-state index contributed by atoms with van der Waals surface area (Å²) in [5.74, 6) is 0.574. The Morgan fingerprint density at radius 2 is 1.56 bits per heavy atom. The Bertz CT molecular complexity index is 499. The van der Waals surface area contributed by atoms with Gasteiger partial charge in [-0.25, -0.2) is 4.39 Å². The van der Waals surface area contributed by atoms with Crippen LogP contribution in [0.1, 0.15) is 0 Å². The topological polar surface area (TPSA) is 44.5 Å². The largest absolute Gasteiger partial charge is 0.490 e. The SMILES string of the molecule is Nc1ccc(OCCOc2ccccc2F)cc1. The minimum atomic E-state index is -0.370. The van der Waals surface area contributed by atoms with Crippen LogP contribution in [0.2, 0.25) is 0 Å². The van der Waals surface area contributed by atoms with Gasteiger partial charge in [0.1, 0.15) is 19.0 Å². The first-order valence-corrected chi connectivity index (χ1v) is 5.61. The van der Waals surface area contributed by atoms with Gasteiger partial charge in [0, 0.05) is 5.69 Å². The van der Waals surface area contributed by atoms with Crippen molar-refractivity contribution in [3.63, 3.8) is 0 Å². The van der Waals surface area contributed by atoms with E-state index in [0.717, 1.165) is 0 Å². The number of benzene rings is 2. The van der Waals surface area contributed by atoms with Gasteiger partial charge in [-0.3, -0.25) is 0 Å². The maximum absolute atomic E-state index is 13.2. The quantitative estimate of drug-likeness (QED) is 0.652. The zero-order valence-corrected chi connectivity index (χ0v) is 9.80. The van der Waals surface area contributed by atoms with Crippen LogP contribution in [0.4, 0.5) is 10.1 Å². The summed E-state index contributed by atoms with van der Waals surface area (Å²) in [4.78, 5) is 0. The first-order valence-electron chi connectivity index (χ1n) is 5.61. The van der Waals surface area contributed by atoms with Crippen LogP contribution < -0.4 is 15.2 Å². The van der Waals surface area contributed by atoms with E-state index in [0.29, 0.717) is 18.0 Å². The highest BCUT2D eigenvalue weighted by molar-refractivity contribution is 5.41. The van der Waals surface area contributed by atoms with Gasteiger partial charge in [-0.15, -0.1) is 0 Å². The molecule has 0 aliphatic heterocycles. The Morgan fingerprint density at radius 1 is 0.889 bits per heavy atom. The molecular formula is C14H14FNO2. The summed E-state index contributed by atoms with van der Waals surface area (Å²) in [6, 6.07) is 13.3. The van der Waals surface area contributed by atoms with E-state index < -0.39 is 0 Å². The molecule has 4 heteroatoms. The predicted molar refractivity (Wildman–Crippen MR) is 68.2 cm³/mol. The van der Waals surface area contributed by atoms with Gasteiger partial charge in [0.15, 0.2) is 11.6 Å². The Kier molecular flexibility index (Phi) is 4.02. The molecule has 2 aromatic rings. The summed E-state index contributed by atoms with van der Waals surface area (Å²) in [6.07, 6.45) is 0. The number of nitrogens with two attached hydrogens (primary N) is 1. The third kappa shape index (κ3) is 3.38. The number of ether oxygens (including phenoxy) is 2. The number of hydrogen-bond acceptors (Lipinski definition) is 3. The van der Waals surface area contributed by atoms with E-state index in [4.69, 9.17) is 15.2 Å². The molecule has 18 heavy (non-hydrogen) atoms. The molecule has 0 aromatic heterocycles. The molecule has 94 valence electrons. The second kappa shape index (κ2) is 5.91. The molecule has 0 saturated heterocycles. The van der Waals surface area contributed by atoms with E-state index in [2.05, 4.69) is 0 Å². The van der Waals surface area contributed by atoms with Crippen molar-refractivity contribution >= 4 is 5.69 Å². The monoisotopic (exact) mass is 247 g/mol. The molecule has 3 nitrogen and oxygen atoms in total. The highest BCUT2D eigenvalue weighted by atomic mass is 19.1. The molecule has 0 aliphatic carbocycles. The molecule has 0 saturated carbocycles. The zero-order chi connectivity index (χ0) is 12.8. The molecule has 0 aliphatic rings. The molecule has 2 aromatic carbocycles. The molecule has 0 atom stereocenters. The molecule has 0 fully saturated rings. The fourth-order valence-corrected chi connectivity index (χ4v) is 1.44. The van der Waals surface area contributed by atoms with Crippen molar-refractivity contribution in [3.05, 3.63) is 54.3 Å². The van der Waals surface area contributed by atoms with Crippen molar-refractivity contribution in [2.75, 3.05) is 18.9 Å². The van der Waals surface area contributed by atoms with Crippen LogP contribution in [0.5, 0.6) is 11.5 Å². The predicted octanol–water partition coefficient (Wildman–Crippen LogP) is 2.87. The van der Waals surface area contributed by atoms with Crippen LogP contribution in [0.15, 0.2) is 48.5 Å². The van der Waals surface area contributed by atoms with Crippen LogP contribution in [-0.4, -0.2) is 13.2 Å². The zero-order valence-electron chi connectivity index (χ0n) is 9.80. The van der Waals surface area contributed by atoms with Crippen LogP contribution in [0, 0.1) is 5.82 Å². The smallest absolute Gasteiger partial charge is 0.165 e. The van der Waals surface area contributed by atoms with Crippen molar-refractivity contribution in [2.24, 2.45) is 0 Å².